The first kappa shape index (κ1) is 20.5. The van der Waals surface area contributed by atoms with Crippen LogP contribution in [0.2, 0.25) is 0 Å². The third-order valence-corrected chi connectivity index (χ3v) is 7.83. The van der Waals surface area contributed by atoms with Gasteiger partial charge in [0.25, 0.3) is 0 Å². The van der Waals surface area contributed by atoms with E-state index < -0.39 is 10.0 Å². The Balaban J connectivity index is 1.83. The normalized spacial score (nSPS) is 18.1. The van der Waals surface area contributed by atoms with E-state index in [-0.39, 0.29) is 5.75 Å². The van der Waals surface area contributed by atoms with Crippen LogP contribution in [0.25, 0.3) is 0 Å². The first-order valence-electron chi connectivity index (χ1n) is 8.64. The van der Waals surface area contributed by atoms with Crippen LogP contribution >= 0.6 is 23.1 Å². The molecule has 0 aromatic carbocycles. The van der Waals surface area contributed by atoms with Crippen molar-refractivity contribution in [3.05, 3.63) is 22.4 Å². The van der Waals surface area contributed by atoms with E-state index in [1.54, 1.807) is 15.6 Å². The van der Waals surface area contributed by atoms with Gasteiger partial charge >= 0.3 is 0 Å². The van der Waals surface area contributed by atoms with Crippen molar-refractivity contribution in [1.29, 1.82) is 0 Å². The van der Waals surface area contributed by atoms with Gasteiger partial charge in [0.05, 0.1) is 12.3 Å². The molecule has 0 amide bonds. The van der Waals surface area contributed by atoms with Crippen LogP contribution in [0.4, 0.5) is 0 Å². The highest BCUT2D eigenvalue weighted by Crippen LogP contribution is 2.20. The third-order valence-electron chi connectivity index (χ3n) is 3.91. The Labute approximate surface area is 159 Å². The van der Waals surface area contributed by atoms with Gasteiger partial charge in [-0.2, -0.15) is 11.8 Å². The van der Waals surface area contributed by atoms with Gasteiger partial charge in [-0.3, -0.25) is 4.99 Å². The lowest BCUT2D eigenvalue weighted by molar-refractivity contribution is 0.443. The van der Waals surface area contributed by atoms with Crippen LogP contribution < -0.4 is 10.6 Å². The molecule has 1 saturated heterocycles. The Kier molecular flexibility index (Phi) is 8.54. The van der Waals surface area contributed by atoms with E-state index in [1.807, 2.05) is 24.8 Å². The van der Waals surface area contributed by atoms with Crippen molar-refractivity contribution in [1.82, 2.24) is 14.9 Å². The van der Waals surface area contributed by atoms with Gasteiger partial charge in [-0.05, 0) is 18.4 Å². The predicted octanol–water partition coefficient (Wildman–Crippen LogP) is 1.79. The van der Waals surface area contributed by atoms with Crippen molar-refractivity contribution in [3.63, 3.8) is 0 Å². The third kappa shape index (κ3) is 6.80. The zero-order chi connectivity index (χ0) is 18.1. The van der Waals surface area contributed by atoms with Gasteiger partial charge in [-0.15, -0.1) is 11.3 Å². The smallest absolute Gasteiger partial charge is 0.215 e. The highest BCUT2D eigenvalue weighted by atomic mass is 32.2. The summed E-state index contributed by atoms with van der Waals surface area (Å²) in [6.45, 7) is 7.19. The Morgan fingerprint density at radius 2 is 2.12 bits per heavy atom. The number of thioether (sulfide) groups is 1. The quantitative estimate of drug-likeness (QED) is 0.510. The number of sulfonamides is 1. The number of nitrogens with zero attached hydrogens (tertiary/aromatic N) is 2. The van der Waals surface area contributed by atoms with Crippen LogP contribution in [-0.4, -0.2) is 68.7 Å². The van der Waals surface area contributed by atoms with Crippen molar-refractivity contribution in [3.8, 4) is 0 Å². The van der Waals surface area contributed by atoms with E-state index in [0.29, 0.717) is 38.1 Å². The molecule has 2 rings (SSSR count). The Hall–Kier alpha value is -0.770. The maximum atomic E-state index is 12.4. The molecule has 6 nitrogen and oxygen atoms in total. The minimum atomic E-state index is -3.18. The molecular weight excluding hydrogens is 376 g/mol. The topological polar surface area (TPSA) is 73.8 Å². The van der Waals surface area contributed by atoms with Crippen LogP contribution in [0.5, 0.6) is 0 Å². The lowest BCUT2D eigenvalue weighted by Crippen LogP contribution is -2.44. The zero-order valence-corrected chi connectivity index (χ0v) is 17.4. The van der Waals surface area contributed by atoms with Crippen molar-refractivity contribution in [2.75, 3.05) is 50.0 Å². The molecule has 1 unspecified atom stereocenters. The summed E-state index contributed by atoms with van der Waals surface area (Å²) in [7, 11) is -3.18. The summed E-state index contributed by atoms with van der Waals surface area (Å²) in [5.74, 6) is 2.90. The maximum Gasteiger partial charge on any atom is 0.215 e. The lowest BCUT2D eigenvalue weighted by atomic mass is 10.1. The van der Waals surface area contributed by atoms with Crippen LogP contribution in [0.3, 0.4) is 0 Å². The fraction of sp³-hybridized carbons (Fsp3) is 0.688. The average Bonchev–Trinajstić information content (AvgIpc) is 3.15. The summed E-state index contributed by atoms with van der Waals surface area (Å²) < 4.78 is 26.3. The van der Waals surface area contributed by atoms with Gasteiger partial charge in [0.15, 0.2) is 5.96 Å². The van der Waals surface area contributed by atoms with E-state index in [1.165, 1.54) is 4.88 Å². The Morgan fingerprint density at radius 1 is 1.36 bits per heavy atom. The molecule has 25 heavy (non-hydrogen) atoms. The van der Waals surface area contributed by atoms with E-state index in [0.717, 1.165) is 18.1 Å². The molecule has 0 spiro atoms. The van der Waals surface area contributed by atoms with E-state index in [4.69, 9.17) is 0 Å². The zero-order valence-electron chi connectivity index (χ0n) is 14.9. The van der Waals surface area contributed by atoms with Crippen LogP contribution in [-0.2, 0) is 10.0 Å². The number of nitrogens with one attached hydrogen (secondary N) is 2. The van der Waals surface area contributed by atoms with Crippen LogP contribution in [0.15, 0.2) is 22.5 Å². The molecule has 2 N–H and O–H groups in total. The van der Waals surface area contributed by atoms with Crippen molar-refractivity contribution < 1.29 is 8.42 Å². The number of hydrogen-bond donors (Lipinski definition) is 2. The van der Waals surface area contributed by atoms with Crippen molar-refractivity contribution in [2.24, 2.45) is 4.99 Å². The molecule has 2 heterocycles. The molecule has 0 aliphatic carbocycles. The van der Waals surface area contributed by atoms with Gasteiger partial charge in [-0.1, -0.05) is 13.0 Å². The van der Waals surface area contributed by atoms with Gasteiger partial charge in [0.2, 0.25) is 10.0 Å². The molecular formula is C16H28N4O2S3. The number of thiophene rings is 1. The summed E-state index contributed by atoms with van der Waals surface area (Å²) in [5, 5.41) is 8.40. The fourth-order valence-corrected chi connectivity index (χ4v) is 5.75. The number of rotatable bonds is 8. The van der Waals surface area contributed by atoms with Crippen LogP contribution in [0.1, 0.15) is 24.6 Å². The second kappa shape index (κ2) is 10.4. The second-order valence-electron chi connectivity index (χ2n) is 5.89. The Bertz CT molecular complexity index is 626. The number of guanidine groups is 1. The minimum absolute atomic E-state index is 0.0998. The molecule has 0 radical (unpaired) electrons. The van der Waals surface area contributed by atoms with E-state index >= 15 is 0 Å². The molecule has 1 aromatic rings. The highest BCUT2D eigenvalue weighted by molar-refractivity contribution is 7.99. The van der Waals surface area contributed by atoms with Crippen molar-refractivity contribution >= 4 is 39.1 Å². The second-order valence-corrected chi connectivity index (χ2v) is 10.2. The average molecular weight is 405 g/mol. The van der Waals surface area contributed by atoms with E-state index in [9.17, 15) is 8.42 Å². The Morgan fingerprint density at radius 3 is 2.76 bits per heavy atom. The van der Waals surface area contributed by atoms with Crippen molar-refractivity contribution in [2.45, 2.75) is 19.8 Å². The van der Waals surface area contributed by atoms with Gasteiger partial charge in [0, 0.05) is 48.5 Å². The first-order chi connectivity index (χ1) is 12.0. The molecule has 0 bridgehead atoms. The summed E-state index contributed by atoms with van der Waals surface area (Å²) in [4.78, 5) is 5.90. The number of aliphatic imine (C=N–C) groups is 1. The summed E-state index contributed by atoms with van der Waals surface area (Å²) in [6, 6.07) is 4.17. The summed E-state index contributed by atoms with van der Waals surface area (Å²) >= 11 is 3.54. The standard InChI is InChI=1S/C16H28N4O2S3/c1-3-17-16(19-13-14(2)15-5-4-9-24-15)18-6-12-25(21,22)20-7-10-23-11-8-20/h4-5,9,14H,3,6-8,10-13H2,1-2H3,(H2,17,18,19). The largest absolute Gasteiger partial charge is 0.357 e. The lowest BCUT2D eigenvalue weighted by Gasteiger charge is -2.25. The van der Waals surface area contributed by atoms with Gasteiger partial charge in [0.1, 0.15) is 0 Å². The molecule has 9 heteroatoms. The predicted molar refractivity (Wildman–Crippen MR) is 109 cm³/mol. The van der Waals surface area contributed by atoms with E-state index in [2.05, 4.69) is 34.0 Å². The summed E-state index contributed by atoms with van der Waals surface area (Å²) in [6.07, 6.45) is 0. The van der Waals surface area contributed by atoms with Crippen LogP contribution in [0, 0.1) is 0 Å². The fourth-order valence-electron chi connectivity index (χ4n) is 2.48. The SMILES string of the molecule is CCNC(=NCC(C)c1cccs1)NCCS(=O)(=O)N1CCSCC1. The molecule has 0 saturated carbocycles. The molecule has 1 atom stereocenters. The molecule has 1 aliphatic heterocycles. The summed E-state index contributed by atoms with van der Waals surface area (Å²) in [5.41, 5.74) is 0. The molecule has 1 aliphatic rings. The monoisotopic (exact) mass is 404 g/mol. The maximum absolute atomic E-state index is 12.4. The van der Waals surface area contributed by atoms with Gasteiger partial charge < -0.3 is 10.6 Å². The van der Waals surface area contributed by atoms with Gasteiger partial charge in [-0.25, -0.2) is 12.7 Å². The molecule has 1 aromatic heterocycles. The highest BCUT2D eigenvalue weighted by Gasteiger charge is 2.23. The minimum Gasteiger partial charge on any atom is -0.357 e. The molecule has 142 valence electrons. The first-order valence-corrected chi connectivity index (χ1v) is 12.3. The number of hydrogen-bond acceptors (Lipinski definition) is 5. The molecule has 1 fully saturated rings.